The fourth-order valence-corrected chi connectivity index (χ4v) is 4.56. The predicted molar refractivity (Wildman–Crippen MR) is 85.8 cm³/mol. The van der Waals surface area contributed by atoms with Crippen molar-refractivity contribution >= 4 is 42.7 Å². The largest absolute Gasteiger partial charge is 0.333 e. The Kier molecular flexibility index (Phi) is 3.98. The Balaban J connectivity index is 1.99. The Morgan fingerprint density at radius 1 is 1.23 bits per heavy atom. The second-order valence-corrected chi connectivity index (χ2v) is 8.63. The Bertz CT molecular complexity index is 931. The first-order chi connectivity index (χ1) is 10.3. The molecule has 0 aliphatic rings. The molecule has 0 N–H and O–H groups in total. The first-order valence-corrected chi connectivity index (χ1v) is 9.50. The van der Waals surface area contributed by atoms with Crippen molar-refractivity contribution in [2.45, 2.75) is 11.8 Å². The summed E-state index contributed by atoms with van der Waals surface area (Å²) >= 11 is 7.06. The zero-order chi connectivity index (χ0) is 15.9. The molecule has 22 heavy (non-hydrogen) atoms. The third kappa shape index (κ3) is 3.03. The Hall–Kier alpha value is -1.41. The summed E-state index contributed by atoms with van der Waals surface area (Å²) < 4.78 is 28.1. The molecule has 2 aromatic heterocycles. The fraction of sp³-hybridized carbons (Fsp3) is 0.0769. The summed E-state index contributed by atoms with van der Waals surface area (Å²) in [5, 5.41) is 4.50. The number of benzene rings is 1. The van der Waals surface area contributed by atoms with E-state index in [2.05, 4.69) is 10.1 Å². The van der Waals surface area contributed by atoms with Crippen LogP contribution in [-0.4, -0.2) is 18.6 Å². The predicted octanol–water partition coefficient (Wildman–Crippen LogP) is 4.35. The lowest BCUT2D eigenvalue weighted by molar-refractivity contribution is 0.433. The Labute approximate surface area is 139 Å². The molecule has 0 saturated heterocycles. The zero-order valence-corrected chi connectivity index (χ0v) is 14.2. The fourth-order valence-electron chi connectivity index (χ4n) is 1.85. The minimum absolute atomic E-state index is 0.0559. The van der Waals surface area contributed by atoms with E-state index in [1.807, 2.05) is 0 Å². The van der Waals surface area contributed by atoms with Crippen molar-refractivity contribution in [3.8, 4) is 22.2 Å². The summed E-state index contributed by atoms with van der Waals surface area (Å²) in [7, 11) is 1.59. The summed E-state index contributed by atoms with van der Waals surface area (Å²) in [4.78, 5) is 5.44. The number of aryl methyl sites for hydroxylation is 1. The topological polar surface area (TPSA) is 73.1 Å². The third-order valence-corrected chi connectivity index (χ3v) is 5.74. The van der Waals surface area contributed by atoms with Crippen LogP contribution in [0.3, 0.4) is 0 Å². The maximum atomic E-state index is 11.4. The van der Waals surface area contributed by atoms with Gasteiger partial charge in [-0.25, -0.2) is 8.42 Å². The molecule has 0 atom stereocenters. The molecule has 0 fully saturated rings. The van der Waals surface area contributed by atoms with Gasteiger partial charge in [-0.3, -0.25) is 0 Å². The molecule has 0 bridgehead atoms. The molecular weight excluding hydrogens is 367 g/mol. The van der Waals surface area contributed by atoms with E-state index in [9.17, 15) is 8.42 Å². The molecule has 2 heterocycles. The van der Waals surface area contributed by atoms with Crippen LogP contribution < -0.4 is 0 Å². The SMILES string of the molecule is Cc1sc(-c2nc(-c3ccc(Cl)cc3)no2)cc1S(=O)(=O)Cl. The van der Waals surface area contributed by atoms with Crippen molar-refractivity contribution < 1.29 is 12.9 Å². The van der Waals surface area contributed by atoms with Crippen LogP contribution in [0.2, 0.25) is 5.02 Å². The summed E-state index contributed by atoms with van der Waals surface area (Å²) in [5.41, 5.74) is 0.748. The molecule has 9 heteroatoms. The van der Waals surface area contributed by atoms with Gasteiger partial charge in [0, 0.05) is 26.1 Å². The molecule has 3 rings (SSSR count). The summed E-state index contributed by atoms with van der Waals surface area (Å²) in [6, 6.07) is 8.42. The molecular formula is C13H8Cl2N2O3S2. The number of rotatable bonds is 3. The normalized spacial score (nSPS) is 11.8. The molecule has 1 aromatic carbocycles. The highest BCUT2D eigenvalue weighted by molar-refractivity contribution is 8.13. The van der Waals surface area contributed by atoms with Crippen LogP contribution in [0.1, 0.15) is 4.88 Å². The van der Waals surface area contributed by atoms with Gasteiger partial charge >= 0.3 is 0 Å². The van der Waals surface area contributed by atoms with E-state index in [1.165, 1.54) is 17.4 Å². The van der Waals surface area contributed by atoms with Crippen molar-refractivity contribution in [1.82, 2.24) is 10.1 Å². The van der Waals surface area contributed by atoms with Crippen molar-refractivity contribution in [3.63, 3.8) is 0 Å². The summed E-state index contributed by atoms with van der Waals surface area (Å²) in [5.74, 6) is 0.637. The van der Waals surface area contributed by atoms with Gasteiger partial charge in [-0.05, 0) is 37.3 Å². The highest BCUT2D eigenvalue weighted by atomic mass is 35.7. The van der Waals surface area contributed by atoms with E-state index in [4.69, 9.17) is 26.8 Å². The van der Waals surface area contributed by atoms with Crippen LogP contribution in [0.25, 0.3) is 22.2 Å². The molecule has 0 radical (unpaired) electrons. The molecule has 5 nitrogen and oxygen atoms in total. The first-order valence-electron chi connectivity index (χ1n) is 6.00. The lowest BCUT2D eigenvalue weighted by atomic mass is 10.2. The number of hydrogen-bond donors (Lipinski definition) is 0. The van der Waals surface area contributed by atoms with Gasteiger partial charge in [-0.15, -0.1) is 11.3 Å². The minimum atomic E-state index is -3.79. The second-order valence-electron chi connectivity index (χ2n) is 4.40. The van der Waals surface area contributed by atoms with Gasteiger partial charge < -0.3 is 4.52 Å². The number of halogens is 2. The zero-order valence-electron chi connectivity index (χ0n) is 11.1. The highest BCUT2D eigenvalue weighted by Crippen LogP contribution is 2.34. The third-order valence-electron chi connectivity index (χ3n) is 2.87. The van der Waals surface area contributed by atoms with Gasteiger partial charge in [0.05, 0.1) is 9.77 Å². The Morgan fingerprint density at radius 3 is 2.50 bits per heavy atom. The number of aromatic nitrogens is 2. The minimum Gasteiger partial charge on any atom is -0.333 e. The maximum absolute atomic E-state index is 11.4. The van der Waals surface area contributed by atoms with Crippen molar-refractivity contribution in [1.29, 1.82) is 0 Å². The van der Waals surface area contributed by atoms with Gasteiger partial charge in [0.15, 0.2) is 0 Å². The van der Waals surface area contributed by atoms with E-state index in [0.29, 0.717) is 20.6 Å². The van der Waals surface area contributed by atoms with Crippen molar-refractivity contribution in [2.75, 3.05) is 0 Å². The van der Waals surface area contributed by atoms with Crippen molar-refractivity contribution in [3.05, 3.63) is 40.2 Å². The van der Waals surface area contributed by atoms with E-state index >= 15 is 0 Å². The molecule has 0 amide bonds. The van der Waals surface area contributed by atoms with Gasteiger partial charge in [0.1, 0.15) is 0 Å². The Morgan fingerprint density at radius 2 is 1.91 bits per heavy atom. The molecule has 0 unspecified atom stereocenters. The second kappa shape index (κ2) is 5.66. The van der Waals surface area contributed by atoms with Crippen molar-refractivity contribution in [2.24, 2.45) is 0 Å². The molecule has 3 aromatic rings. The average molecular weight is 375 g/mol. The van der Waals surface area contributed by atoms with E-state index in [1.54, 1.807) is 31.2 Å². The number of hydrogen-bond acceptors (Lipinski definition) is 6. The highest BCUT2D eigenvalue weighted by Gasteiger charge is 2.21. The molecule has 0 aliphatic heterocycles. The maximum Gasteiger partial charge on any atom is 0.268 e. The monoisotopic (exact) mass is 374 g/mol. The van der Waals surface area contributed by atoms with Gasteiger partial charge in [-0.1, -0.05) is 16.8 Å². The van der Waals surface area contributed by atoms with Gasteiger partial charge in [0.25, 0.3) is 14.9 Å². The van der Waals surface area contributed by atoms with Crippen LogP contribution in [0, 0.1) is 6.92 Å². The number of thiophene rings is 1. The van der Waals surface area contributed by atoms with Crippen LogP contribution in [-0.2, 0) is 9.05 Å². The number of nitrogens with zero attached hydrogens (tertiary/aromatic N) is 2. The van der Waals surface area contributed by atoms with Crippen LogP contribution in [0.15, 0.2) is 39.8 Å². The van der Waals surface area contributed by atoms with Crippen LogP contribution >= 0.6 is 33.6 Å². The van der Waals surface area contributed by atoms with E-state index < -0.39 is 9.05 Å². The summed E-state index contributed by atoms with van der Waals surface area (Å²) in [6.07, 6.45) is 0. The van der Waals surface area contributed by atoms with Crippen LogP contribution in [0.5, 0.6) is 0 Å². The van der Waals surface area contributed by atoms with E-state index in [0.717, 1.165) is 5.56 Å². The molecule has 0 saturated carbocycles. The molecule has 0 aliphatic carbocycles. The average Bonchev–Trinajstić information content (AvgIpc) is 3.05. The van der Waals surface area contributed by atoms with Crippen LogP contribution in [0.4, 0.5) is 0 Å². The standard InChI is InChI=1S/C13H8Cl2N2O3S2/c1-7-11(22(15,18)19)6-10(21-7)13-16-12(17-20-13)8-2-4-9(14)5-3-8/h2-6H,1H3. The smallest absolute Gasteiger partial charge is 0.268 e. The lowest BCUT2D eigenvalue weighted by Crippen LogP contribution is -1.88. The molecule has 0 spiro atoms. The first kappa shape index (κ1) is 15.5. The summed E-state index contributed by atoms with van der Waals surface area (Å²) in [6.45, 7) is 1.67. The quantitative estimate of drug-likeness (QED) is 0.636. The molecule has 114 valence electrons. The van der Waals surface area contributed by atoms with E-state index in [-0.39, 0.29) is 10.8 Å². The lowest BCUT2D eigenvalue weighted by Gasteiger charge is -1.93. The van der Waals surface area contributed by atoms with Gasteiger partial charge in [-0.2, -0.15) is 4.98 Å². The van der Waals surface area contributed by atoms with Gasteiger partial charge in [0.2, 0.25) is 5.82 Å².